The molecule has 0 aliphatic heterocycles. The smallest absolute Gasteiger partial charge is 0.418 e. The van der Waals surface area contributed by atoms with E-state index in [2.05, 4.69) is 43.6 Å². The van der Waals surface area contributed by atoms with E-state index in [1.54, 1.807) is 4.57 Å². The molecule has 0 radical (unpaired) electrons. The lowest BCUT2D eigenvalue weighted by atomic mass is 10.0. The van der Waals surface area contributed by atoms with Crippen molar-refractivity contribution in [2.24, 2.45) is 5.41 Å². The molecule has 1 aromatic heterocycles. The second kappa shape index (κ2) is 12.5. The van der Waals surface area contributed by atoms with Crippen molar-refractivity contribution < 1.29 is 14.6 Å². The van der Waals surface area contributed by atoms with Gasteiger partial charge in [0.15, 0.2) is 0 Å². The number of hydrogen-bond acceptors (Lipinski definition) is 3. The zero-order valence-electron chi connectivity index (χ0n) is 16.9. The molecular formula is C19H36BrNO3. The fraction of sp³-hybridized carbons (Fsp3) is 0.737. The second-order valence-electron chi connectivity index (χ2n) is 7.15. The summed E-state index contributed by atoms with van der Waals surface area (Å²) in [5.41, 5.74) is 2.27. The van der Waals surface area contributed by atoms with E-state index in [1.807, 2.05) is 33.8 Å². The van der Waals surface area contributed by atoms with Crippen LogP contribution in [0.15, 0.2) is 10.5 Å². The van der Waals surface area contributed by atoms with E-state index in [0.29, 0.717) is 18.3 Å². The molecule has 1 N–H and O–H groups in total. The third-order valence-corrected chi connectivity index (χ3v) is 3.29. The Morgan fingerprint density at radius 1 is 1.29 bits per heavy atom. The maximum absolute atomic E-state index is 11.8. The van der Waals surface area contributed by atoms with E-state index < -0.39 is 0 Å². The number of aliphatic hydroxyl groups is 1. The summed E-state index contributed by atoms with van der Waals surface area (Å²) in [6.07, 6.45) is 0.878. The number of hydrogen-bond donors (Lipinski definition) is 1. The van der Waals surface area contributed by atoms with Gasteiger partial charge in [-0.15, -0.1) is 0 Å². The standard InChI is InChI=1S/C12H18BrNO3.C5H12.C2H6/c1-8(2)11-7-9(13)10(5-4-6-15)14(11)12(16)17-3;1-5(2,3)4;1-2/h7-8,15H,4-6H2,1-3H3;1-4H3;1-2H3. The number of methoxy groups -OCH3 is 1. The number of ether oxygens (including phenoxy) is 1. The zero-order chi connectivity index (χ0) is 19.5. The van der Waals surface area contributed by atoms with Crippen LogP contribution in [0.25, 0.3) is 0 Å². The topological polar surface area (TPSA) is 51.5 Å². The summed E-state index contributed by atoms with van der Waals surface area (Å²) < 4.78 is 7.28. The first-order chi connectivity index (χ1) is 11.0. The predicted molar refractivity (Wildman–Crippen MR) is 106 cm³/mol. The second-order valence-corrected chi connectivity index (χ2v) is 8.01. The molecular weight excluding hydrogens is 370 g/mol. The van der Waals surface area contributed by atoms with Crippen molar-refractivity contribution in [3.05, 3.63) is 21.9 Å². The van der Waals surface area contributed by atoms with Crippen molar-refractivity contribution in [1.29, 1.82) is 0 Å². The zero-order valence-corrected chi connectivity index (χ0v) is 18.5. The molecule has 0 unspecified atom stereocenters. The van der Waals surface area contributed by atoms with Gasteiger partial charge < -0.3 is 9.84 Å². The molecule has 0 aliphatic carbocycles. The number of aliphatic hydroxyl groups excluding tert-OH is 1. The van der Waals surface area contributed by atoms with Gasteiger partial charge in [-0.25, -0.2) is 4.79 Å². The van der Waals surface area contributed by atoms with Crippen molar-refractivity contribution in [2.45, 2.75) is 74.1 Å². The Morgan fingerprint density at radius 3 is 2.08 bits per heavy atom. The number of nitrogens with zero attached hydrogens (tertiary/aromatic N) is 1. The normalized spacial score (nSPS) is 10.5. The SMILES string of the molecule is CC.CC(C)(C)C.COC(=O)n1c(C(C)C)cc(Br)c1CCCO. The number of aromatic nitrogens is 1. The number of halogens is 1. The minimum atomic E-state index is -0.382. The van der Waals surface area contributed by atoms with Crippen molar-refractivity contribution in [2.75, 3.05) is 13.7 Å². The summed E-state index contributed by atoms with van der Waals surface area (Å²) in [6.45, 7) is 16.9. The molecule has 0 atom stereocenters. The molecule has 0 amide bonds. The first-order valence-corrected chi connectivity index (χ1v) is 9.41. The van der Waals surface area contributed by atoms with E-state index in [4.69, 9.17) is 9.84 Å². The highest BCUT2D eigenvalue weighted by Crippen LogP contribution is 2.28. The molecule has 0 fully saturated rings. The molecule has 1 heterocycles. The highest BCUT2D eigenvalue weighted by atomic mass is 79.9. The van der Waals surface area contributed by atoms with E-state index in [0.717, 1.165) is 15.9 Å². The van der Waals surface area contributed by atoms with Crippen LogP contribution in [0, 0.1) is 5.41 Å². The van der Waals surface area contributed by atoms with E-state index in [9.17, 15) is 4.79 Å². The highest BCUT2D eigenvalue weighted by molar-refractivity contribution is 9.10. The van der Waals surface area contributed by atoms with Crippen LogP contribution in [0.4, 0.5) is 4.79 Å². The fourth-order valence-corrected chi connectivity index (χ4v) is 2.36. The first kappa shape index (κ1) is 25.4. The van der Waals surface area contributed by atoms with Gasteiger partial charge in [-0.2, -0.15) is 0 Å². The maximum atomic E-state index is 11.8. The minimum absolute atomic E-state index is 0.107. The van der Waals surface area contributed by atoms with Gasteiger partial charge in [0, 0.05) is 22.5 Å². The van der Waals surface area contributed by atoms with Gasteiger partial charge in [-0.3, -0.25) is 4.57 Å². The van der Waals surface area contributed by atoms with Gasteiger partial charge in [0.1, 0.15) is 0 Å². The average molecular weight is 406 g/mol. The Morgan fingerprint density at radius 2 is 1.75 bits per heavy atom. The molecule has 0 aliphatic rings. The van der Waals surface area contributed by atoms with Crippen molar-refractivity contribution in [3.63, 3.8) is 0 Å². The monoisotopic (exact) mass is 405 g/mol. The van der Waals surface area contributed by atoms with Gasteiger partial charge in [-0.1, -0.05) is 55.4 Å². The molecule has 24 heavy (non-hydrogen) atoms. The lowest BCUT2D eigenvalue weighted by Gasteiger charge is -2.12. The molecule has 5 heteroatoms. The summed E-state index contributed by atoms with van der Waals surface area (Å²) in [6, 6.07) is 1.94. The maximum Gasteiger partial charge on any atom is 0.418 e. The Balaban J connectivity index is 0. The molecule has 1 aromatic rings. The highest BCUT2D eigenvalue weighted by Gasteiger charge is 2.20. The third-order valence-electron chi connectivity index (χ3n) is 2.60. The Bertz CT molecular complexity index is 468. The van der Waals surface area contributed by atoms with Crippen molar-refractivity contribution >= 4 is 22.0 Å². The van der Waals surface area contributed by atoms with Crippen LogP contribution in [-0.2, 0) is 11.2 Å². The van der Waals surface area contributed by atoms with E-state index in [-0.39, 0.29) is 18.6 Å². The molecule has 0 aromatic carbocycles. The van der Waals surface area contributed by atoms with Gasteiger partial charge in [0.25, 0.3) is 0 Å². The van der Waals surface area contributed by atoms with Crippen molar-refractivity contribution in [3.8, 4) is 0 Å². The van der Waals surface area contributed by atoms with Crippen LogP contribution < -0.4 is 0 Å². The van der Waals surface area contributed by atoms with Crippen LogP contribution in [0.1, 0.15) is 79.1 Å². The summed E-state index contributed by atoms with van der Waals surface area (Å²) in [7, 11) is 1.37. The van der Waals surface area contributed by atoms with Gasteiger partial charge >= 0.3 is 6.09 Å². The van der Waals surface area contributed by atoms with E-state index >= 15 is 0 Å². The number of carbonyl (C=O) groups is 1. The van der Waals surface area contributed by atoms with Gasteiger partial charge in [-0.05, 0) is 46.2 Å². The minimum Gasteiger partial charge on any atom is -0.452 e. The summed E-state index contributed by atoms with van der Waals surface area (Å²) >= 11 is 3.45. The number of rotatable bonds is 4. The summed E-state index contributed by atoms with van der Waals surface area (Å²) in [4.78, 5) is 11.8. The van der Waals surface area contributed by atoms with Crippen LogP contribution in [0.5, 0.6) is 0 Å². The largest absolute Gasteiger partial charge is 0.452 e. The lowest BCUT2D eigenvalue weighted by molar-refractivity contribution is 0.170. The quantitative estimate of drug-likeness (QED) is 0.668. The molecule has 0 saturated carbocycles. The van der Waals surface area contributed by atoms with Crippen LogP contribution in [0.2, 0.25) is 0 Å². The molecule has 0 spiro atoms. The Labute approximate surface area is 156 Å². The van der Waals surface area contributed by atoms with Gasteiger partial charge in [0.2, 0.25) is 0 Å². The summed E-state index contributed by atoms with van der Waals surface area (Å²) in [5.74, 6) is 0.230. The lowest BCUT2D eigenvalue weighted by Crippen LogP contribution is -2.18. The molecule has 4 nitrogen and oxygen atoms in total. The molecule has 0 bridgehead atoms. The first-order valence-electron chi connectivity index (χ1n) is 8.62. The summed E-state index contributed by atoms with van der Waals surface area (Å²) in [5, 5.41) is 8.88. The van der Waals surface area contributed by atoms with Crippen molar-refractivity contribution in [1.82, 2.24) is 4.57 Å². The third kappa shape index (κ3) is 10.1. The van der Waals surface area contributed by atoms with Crippen LogP contribution >= 0.6 is 15.9 Å². The van der Waals surface area contributed by atoms with E-state index in [1.165, 1.54) is 7.11 Å². The average Bonchev–Trinajstić information content (AvgIpc) is 2.81. The Hall–Kier alpha value is -0.810. The van der Waals surface area contributed by atoms with Gasteiger partial charge in [0.05, 0.1) is 7.11 Å². The number of carbonyl (C=O) groups excluding carboxylic acids is 1. The molecule has 0 saturated heterocycles. The van der Waals surface area contributed by atoms with Crippen LogP contribution in [-0.4, -0.2) is 29.5 Å². The fourth-order valence-electron chi connectivity index (χ4n) is 1.75. The molecule has 142 valence electrons. The predicted octanol–water partition coefficient (Wildman–Crippen LogP) is 5.99. The van der Waals surface area contributed by atoms with Crippen LogP contribution in [0.3, 0.4) is 0 Å². The Kier molecular flexibility index (Phi) is 13.3. The molecule has 1 rings (SSSR count).